The Morgan fingerprint density at radius 1 is 1.24 bits per heavy atom. The third-order valence-corrected chi connectivity index (χ3v) is 3.96. The highest BCUT2D eigenvalue weighted by atomic mass is 16.4. The first-order valence-electron chi connectivity index (χ1n) is 7.35. The first kappa shape index (κ1) is 15.6. The molecule has 0 bridgehead atoms. The molecule has 0 atom stereocenters. The van der Waals surface area contributed by atoms with Gasteiger partial charge in [0.2, 0.25) is 5.43 Å². The van der Waals surface area contributed by atoms with Crippen molar-refractivity contribution in [1.82, 2.24) is 9.47 Å². The molecule has 2 rings (SSSR count). The van der Waals surface area contributed by atoms with Crippen molar-refractivity contribution in [3.05, 3.63) is 27.7 Å². The summed E-state index contributed by atoms with van der Waals surface area (Å²) in [4.78, 5) is 25.0. The first-order chi connectivity index (χ1) is 9.99. The zero-order chi connectivity index (χ0) is 15.4. The molecule has 2 N–H and O–H groups in total. The van der Waals surface area contributed by atoms with Gasteiger partial charge >= 0.3 is 5.97 Å². The molecule has 0 radical (unpaired) electrons. The molecule has 2 heterocycles. The highest BCUT2D eigenvalue weighted by Crippen LogP contribution is 2.19. The topological polar surface area (TPSA) is 82.8 Å². The van der Waals surface area contributed by atoms with Crippen molar-refractivity contribution in [2.24, 2.45) is 0 Å². The van der Waals surface area contributed by atoms with Gasteiger partial charge in [0, 0.05) is 18.3 Å². The Morgan fingerprint density at radius 2 is 1.86 bits per heavy atom. The van der Waals surface area contributed by atoms with E-state index in [2.05, 4.69) is 4.90 Å². The summed E-state index contributed by atoms with van der Waals surface area (Å²) in [5, 5.41) is 19.1. The Morgan fingerprint density at radius 3 is 2.43 bits per heavy atom. The molecular weight excluding hydrogens is 272 g/mol. The van der Waals surface area contributed by atoms with E-state index in [1.165, 1.54) is 23.5 Å². The fourth-order valence-electron chi connectivity index (χ4n) is 2.84. The number of aromatic nitrogens is 1. The Hall–Kier alpha value is -1.82. The van der Waals surface area contributed by atoms with Gasteiger partial charge in [-0.1, -0.05) is 12.8 Å². The second-order valence-electron chi connectivity index (χ2n) is 5.62. The molecule has 1 aliphatic heterocycles. The zero-order valence-electron chi connectivity index (χ0n) is 12.3. The average molecular weight is 294 g/mol. The molecule has 0 spiro atoms. The molecule has 0 unspecified atom stereocenters. The van der Waals surface area contributed by atoms with Crippen molar-refractivity contribution in [2.45, 2.75) is 45.7 Å². The molecule has 0 aliphatic carbocycles. The highest BCUT2D eigenvalue weighted by molar-refractivity contribution is 5.67. The maximum absolute atomic E-state index is 11.8. The van der Waals surface area contributed by atoms with E-state index in [9.17, 15) is 14.7 Å². The molecule has 6 heteroatoms. The molecule has 0 saturated carbocycles. The zero-order valence-corrected chi connectivity index (χ0v) is 12.3. The van der Waals surface area contributed by atoms with Crippen LogP contribution in [0.2, 0.25) is 0 Å². The van der Waals surface area contributed by atoms with Gasteiger partial charge < -0.3 is 14.8 Å². The van der Waals surface area contributed by atoms with Crippen molar-refractivity contribution < 1.29 is 15.0 Å². The molecule has 21 heavy (non-hydrogen) atoms. The van der Waals surface area contributed by atoms with Crippen LogP contribution in [0.3, 0.4) is 0 Å². The lowest BCUT2D eigenvalue weighted by Gasteiger charge is -2.23. The summed E-state index contributed by atoms with van der Waals surface area (Å²) in [6.07, 6.45) is 4.57. The fraction of sp³-hybridized carbons (Fsp3) is 0.600. The molecular formula is C15H22N2O4. The lowest BCUT2D eigenvalue weighted by Crippen LogP contribution is -2.29. The molecule has 0 aromatic carbocycles. The standard InChI is InChI=1S/C15H22N2O4/c1-11-8-13(18)15(21)12(17(11)10-14(19)20)9-16-6-4-2-3-5-7-16/h8,21H,2-7,9-10H2,1H3,(H,19,20). The summed E-state index contributed by atoms with van der Waals surface area (Å²) in [5.41, 5.74) is 0.522. The third kappa shape index (κ3) is 3.85. The van der Waals surface area contributed by atoms with Crippen molar-refractivity contribution >= 4 is 5.97 Å². The number of hydrogen-bond donors (Lipinski definition) is 2. The van der Waals surface area contributed by atoms with Crippen molar-refractivity contribution in [3.63, 3.8) is 0 Å². The molecule has 1 aliphatic rings. The van der Waals surface area contributed by atoms with Gasteiger partial charge in [-0.3, -0.25) is 14.5 Å². The van der Waals surface area contributed by atoms with Gasteiger partial charge in [-0.25, -0.2) is 0 Å². The van der Waals surface area contributed by atoms with Gasteiger partial charge in [0.15, 0.2) is 5.75 Å². The second kappa shape index (κ2) is 6.76. The van der Waals surface area contributed by atoms with Crippen molar-refractivity contribution in [3.8, 4) is 5.75 Å². The van der Waals surface area contributed by atoms with E-state index in [1.54, 1.807) is 6.92 Å². The van der Waals surface area contributed by atoms with Crippen LogP contribution in [0, 0.1) is 6.92 Å². The molecule has 1 aromatic rings. The molecule has 1 aromatic heterocycles. The molecule has 0 amide bonds. The summed E-state index contributed by atoms with van der Waals surface area (Å²) in [5.74, 6) is -1.32. The lowest BCUT2D eigenvalue weighted by molar-refractivity contribution is -0.137. The van der Waals surface area contributed by atoms with Crippen LogP contribution in [-0.4, -0.2) is 38.7 Å². The minimum atomic E-state index is -0.988. The van der Waals surface area contributed by atoms with E-state index >= 15 is 0 Å². The number of carboxylic acid groups (broad SMARTS) is 1. The quantitative estimate of drug-likeness (QED) is 0.875. The Balaban J connectivity index is 2.34. The first-order valence-corrected chi connectivity index (χ1v) is 7.35. The van der Waals surface area contributed by atoms with Gasteiger partial charge in [0.1, 0.15) is 6.54 Å². The summed E-state index contributed by atoms with van der Waals surface area (Å²) in [6, 6.07) is 1.28. The number of likely N-dealkylation sites (tertiary alicyclic amines) is 1. The maximum Gasteiger partial charge on any atom is 0.323 e. The van der Waals surface area contributed by atoms with Crippen LogP contribution in [-0.2, 0) is 17.9 Å². The van der Waals surface area contributed by atoms with Crippen molar-refractivity contribution in [2.75, 3.05) is 13.1 Å². The normalized spacial score (nSPS) is 16.6. The third-order valence-electron chi connectivity index (χ3n) is 3.96. The molecule has 6 nitrogen and oxygen atoms in total. The van der Waals surface area contributed by atoms with Crippen LogP contribution in [0.5, 0.6) is 5.75 Å². The highest BCUT2D eigenvalue weighted by Gasteiger charge is 2.18. The van der Waals surface area contributed by atoms with E-state index < -0.39 is 11.4 Å². The predicted molar refractivity (Wildman–Crippen MR) is 78.5 cm³/mol. The number of aryl methyl sites for hydroxylation is 1. The number of hydrogen-bond acceptors (Lipinski definition) is 4. The van der Waals surface area contributed by atoms with E-state index in [-0.39, 0.29) is 12.3 Å². The van der Waals surface area contributed by atoms with Gasteiger partial charge in [0.05, 0.1) is 5.69 Å². The number of aliphatic carboxylic acids is 1. The fourth-order valence-corrected chi connectivity index (χ4v) is 2.84. The van der Waals surface area contributed by atoms with Gasteiger partial charge in [-0.05, 0) is 32.9 Å². The van der Waals surface area contributed by atoms with E-state index in [0.717, 1.165) is 25.9 Å². The minimum absolute atomic E-state index is 0.247. The average Bonchev–Trinajstić information content (AvgIpc) is 2.68. The number of carboxylic acids is 1. The van der Waals surface area contributed by atoms with E-state index in [0.29, 0.717) is 17.9 Å². The van der Waals surface area contributed by atoms with Crippen LogP contribution in [0.15, 0.2) is 10.9 Å². The number of rotatable bonds is 4. The molecule has 1 fully saturated rings. The number of aromatic hydroxyl groups is 1. The number of nitrogens with zero attached hydrogens (tertiary/aromatic N) is 2. The van der Waals surface area contributed by atoms with Crippen LogP contribution >= 0.6 is 0 Å². The number of pyridine rings is 1. The van der Waals surface area contributed by atoms with Crippen LogP contribution < -0.4 is 5.43 Å². The summed E-state index contributed by atoms with van der Waals surface area (Å²) in [6.45, 7) is 3.68. The summed E-state index contributed by atoms with van der Waals surface area (Å²) >= 11 is 0. The van der Waals surface area contributed by atoms with Crippen LogP contribution in [0.4, 0.5) is 0 Å². The maximum atomic E-state index is 11.8. The minimum Gasteiger partial charge on any atom is -0.503 e. The Bertz CT molecular complexity index is 572. The van der Waals surface area contributed by atoms with E-state index in [1.807, 2.05) is 0 Å². The van der Waals surface area contributed by atoms with Gasteiger partial charge in [0.25, 0.3) is 0 Å². The Labute approximate surface area is 123 Å². The lowest BCUT2D eigenvalue weighted by atomic mass is 10.2. The second-order valence-corrected chi connectivity index (χ2v) is 5.62. The number of carbonyl (C=O) groups is 1. The monoisotopic (exact) mass is 294 g/mol. The van der Waals surface area contributed by atoms with Crippen LogP contribution in [0.25, 0.3) is 0 Å². The van der Waals surface area contributed by atoms with E-state index in [4.69, 9.17) is 5.11 Å². The largest absolute Gasteiger partial charge is 0.503 e. The molecule has 1 saturated heterocycles. The Kier molecular flexibility index (Phi) is 5.01. The molecule has 116 valence electrons. The van der Waals surface area contributed by atoms with Crippen LogP contribution in [0.1, 0.15) is 37.1 Å². The summed E-state index contributed by atoms with van der Waals surface area (Å²) in [7, 11) is 0. The SMILES string of the molecule is Cc1cc(=O)c(O)c(CN2CCCCCC2)n1CC(=O)O. The van der Waals surface area contributed by atoms with Crippen molar-refractivity contribution in [1.29, 1.82) is 0 Å². The van der Waals surface area contributed by atoms with Gasteiger partial charge in [-0.2, -0.15) is 0 Å². The van der Waals surface area contributed by atoms with Gasteiger partial charge in [-0.15, -0.1) is 0 Å². The predicted octanol–water partition coefficient (Wildman–Crippen LogP) is 1.32. The smallest absolute Gasteiger partial charge is 0.323 e. The summed E-state index contributed by atoms with van der Waals surface area (Å²) < 4.78 is 1.52.